The molecule has 0 radical (unpaired) electrons. The van der Waals surface area contributed by atoms with Crippen LogP contribution in [0, 0.1) is 0 Å². The molecular formula is C25H30N6O3. The van der Waals surface area contributed by atoms with Crippen LogP contribution in [0.2, 0.25) is 0 Å². The SMILES string of the molecule is CC(C)n1nc(C2(C[C@H](C)N)c3ccc(C(N)=O)cc3CCc3cc(C(N)=O)ccc32)[nH]c1=O. The number of H-pyrrole nitrogens is 1. The van der Waals surface area contributed by atoms with Crippen LogP contribution in [-0.2, 0) is 18.3 Å². The number of carbonyl (C=O) groups excluding carboxylic acids is 2. The van der Waals surface area contributed by atoms with E-state index in [0.717, 1.165) is 22.3 Å². The number of aryl methyl sites for hydroxylation is 2. The maximum absolute atomic E-state index is 12.8. The quantitative estimate of drug-likeness (QED) is 0.436. The van der Waals surface area contributed by atoms with Gasteiger partial charge in [0.2, 0.25) is 11.8 Å². The van der Waals surface area contributed by atoms with Crippen LogP contribution in [0.3, 0.4) is 0 Å². The van der Waals surface area contributed by atoms with Crippen LogP contribution < -0.4 is 22.9 Å². The summed E-state index contributed by atoms with van der Waals surface area (Å²) in [5.41, 5.74) is 20.7. The molecule has 1 aromatic heterocycles. The Hall–Kier alpha value is -3.72. The highest BCUT2D eigenvalue weighted by Crippen LogP contribution is 2.46. The number of hydrogen-bond donors (Lipinski definition) is 4. The molecule has 1 aliphatic rings. The molecule has 9 nitrogen and oxygen atoms in total. The molecule has 4 rings (SSSR count). The fourth-order valence-electron chi connectivity index (χ4n) is 5.09. The van der Waals surface area contributed by atoms with Gasteiger partial charge in [-0.05, 0) is 86.6 Å². The summed E-state index contributed by atoms with van der Waals surface area (Å²) >= 11 is 0. The second-order valence-corrected chi connectivity index (χ2v) is 9.38. The molecule has 0 bridgehead atoms. The lowest BCUT2D eigenvalue weighted by Crippen LogP contribution is -2.38. The molecule has 2 aromatic carbocycles. The summed E-state index contributed by atoms with van der Waals surface area (Å²) in [4.78, 5) is 39.7. The lowest BCUT2D eigenvalue weighted by Gasteiger charge is -2.36. The monoisotopic (exact) mass is 462 g/mol. The Bertz CT molecular complexity index is 1270. The maximum atomic E-state index is 12.8. The van der Waals surface area contributed by atoms with Crippen LogP contribution in [-0.4, -0.2) is 32.6 Å². The fraction of sp³-hybridized carbons (Fsp3) is 0.360. The largest absolute Gasteiger partial charge is 0.366 e. The van der Waals surface area contributed by atoms with Gasteiger partial charge in [-0.2, -0.15) is 5.10 Å². The summed E-state index contributed by atoms with van der Waals surface area (Å²) in [7, 11) is 0. The number of hydrogen-bond acceptors (Lipinski definition) is 5. The van der Waals surface area contributed by atoms with Gasteiger partial charge >= 0.3 is 5.69 Å². The highest BCUT2D eigenvalue weighted by Gasteiger charge is 2.45. The normalized spacial score (nSPS) is 15.3. The molecule has 2 amide bonds. The molecule has 9 heteroatoms. The Morgan fingerprint density at radius 2 is 1.50 bits per heavy atom. The summed E-state index contributed by atoms with van der Waals surface area (Å²) in [6.45, 7) is 5.67. The van der Waals surface area contributed by atoms with E-state index >= 15 is 0 Å². The van der Waals surface area contributed by atoms with Crippen molar-refractivity contribution >= 4 is 11.8 Å². The molecule has 0 unspecified atom stereocenters. The molecule has 0 spiro atoms. The van der Waals surface area contributed by atoms with Gasteiger partial charge in [0.05, 0.1) is 11.5 Å². The number of primary amides is 2. The average Bonchev–Trinajstić information content (AvgIpc) is 3.11. The Morgan fingerprint density at radius 3 is 1.88 bits per heavy atom. The predicted octanol–water partition coefficient (Wildman–Crippen LogP) is 1.52. The van der Waals surface area contributed by atoms with Gasteiger partial charge in [-0.3, -0.25) is 14.6 Å². The average molecular weight is 463 g/mol. The van der Waals surface area contributed by atoms with Gasteiger partial charge in [-0.1, -0.05) is 12.1 Å². The predicted molar refractivity (Wildman–Crippen MR) is 129 cm³/mol. The molecule has 0 fully saturated rings. The van der Waals surface area contributed by atoms with Gasteiger partial charge in [-0.25, -0.2) is 9.48 Å². The van der Waals surface area contributed by atoms with E-state index in [1.165, 1.54) is 4.68 Å². The Kier molecular flexibility index (Phi) is 5.91. The molecule has 0 aliphatic heterocycles. The van der Waals surface area contributed by atoms with Gasteiger partial charge in [0.25, 0.3) is 0 Å². The molecule has 0 saturated heterocycles. The van der Waals surface area contributed by atoms with Crippen LogP contribution in [0.5, 0.6) is 0 Å². The molecule has 1 aliphatic carbocycles. The van der Waals surface area contributed by atoms with Crippen molar-refractivity contribution in [2.45, 2.75) is 57.5 Å². The number of fused-ring (bicyclic) bond motifs is 2. The van der Waals surface area contributed by atoms with Crippen LogP contribution in [0.4, 0.5) is 0 Å². The number of nitrogens with two attached hydrogens (primary N) is 3. The van der Waals surface area contributed by atoms with Crippen molar-refractivity contribution in [2.24, 2.45) is 17.2 Å². The number of rotatable bonds is 6. The zero-order valence-corrected chi connectivity index (χ0v) is 19.6. The molecular weight excluding hydrogens is 432 g/mol. The summed E-state index contributed by atoms with van der Waals surface area (Å²) in [5, 5.41) is 4.72. The number of aromatic nitrogens is 3. The minimum atomic E-state index is -0.916. The molecule has 0 saturated carbocycles. The van der Waals surface area contributed by atoms with E-state index in [2.05, 4.69) is 4.98 Å². The first-order valence-corrected chi connectivity index (χ1v) is 11.4. The van der Waals surface area contributed by atoms with Crippen LogP contribution in [0.1, 0.15) is 82.0 Å². The number of aromatic amines is 1. The second-order valence-electron chi connectivity index (χ2n) is 9.38. The topological polar surface area (TPSA) is 163 Å². The Labute approximate surface area is 197 Å². The van der Waals surface area contributed by atoms with E-state index in [-0.39, 0.29) is 17.8 Å². The summed E-state index contributed by atoms with van der Waals surface area (Å²) in [6.07, 6.45) is 1.63. The third-order valence-corrected chi connectivity index (χ3v) is 6.53. The van der Waals surface area contributed by atoms with E-state index in [1.54, 1.807) is 24.3 Å². The van der Waals surface area contributed by atoms with Gasteiger partial charge in [-0.15, -0.1) is 0 Å². The first kappa shape index (κ1) is 23.4. The Morgan fingerprint density at radius 1 is 1.00 bits per heavy atom. The summed E-state index contributed by atoms with van der Waals surface area (Å²) < 4.78 is 1.41. The van der Waals surface area contributed by atoms with Crippen molar-refractivity contribution in [1.82, 2.24) is 14.8 Å². The maximum Gasteiger partial charge on any atom is 0.343 e. The van der Waals surface area contributed by atoms with E-state index < -0.39 is 17.2 Å². The molecule has 34 heavy (non-hydrogen) atoms. The standard InChI is InChI=1S/C25H30N6O3/c1-13(2)31-24(34)29-23(30-31)25(12-14(3)26)19-8-6-17(21(27)32)10-15(19)4-5-16-11-18(22(28)33)7-9-20(16)25/h6-11,13-14H,4-5,12,26H2,1-3H3,(H2,27,32)(H2,28,33)(H,29,30,34)/t14-/m0/s1. The molecule has 3 aromatic rings. The Balaban J connectivity index is 2.12. The second kappa shape index (κ2) is 8.57. The van der Waals surface area contributed by atoms with E-state index in [9.17, 15) is 14.4 Å². The zero-order valence-electron chi connectivity index (χ0n) is 19.6. The van der Waals surface area contributed by atoms with Gasteiger partial charge in [0.15, 0.2) is 0 Å². The zero-order chi connectivity index (χ0) is 24.8. The molecule has 1 heterocycles. The molecule has 178 valence electrons. The number of benzene rings is 2. The summed E-state index contributed by atoms with van der Waals surface area (Å²) in [5.74, 6) is -0.571. The van der Waals surface area contributed by atoms with Crippen LogP contribution in [0.15, 0.2) is 41.2 Å². The van der Waals surface area contributed by atoms with Crippen LogP contribution in [0.25, 0.3) is 0 Å². The molecule has 1 atom stereocenters. The number of carbonyl (C=O) groups is 2. The van der Waals surface area contributed by atoms with E-state index in [1.807, 2.05) is 32.9 Å². The van der Waals surface area contributed by atoms with Crippen molar-refractivity contribution in [1.29, 1.82) is 0 Å². The van der Waals surface area contributed by atoms with Crippen molar-refractivity contribution < 1.29 is 9.59 Å². The lowest BCUT2D eigenvalue weighted by molar-refractivity contribution is 0.0991. The fourth-order valence-corrected chi connectivity index (χ4v) is 5.09. The first-order chi connectivity index (χ1) is 16.0. The van der Waals surface area contributed by atoms with Crippen molar-refractivity contribution in [2.75, 3.05) is 0 Å². The van der Waals surface area contributed by atoms with Gasteiger partial charge in [0, 0.05) is 17.2 Å². The van der Waals surface area contributed by atoms with E-state index in [4.69, 9.17) is 22.3 Å². The number of amides is 2. The highest BCUT2D eigenvalue weighted by molar-refractivity contribution is 5.94. The minimum absolute atomic E-state index is 0.149. The highest BCUT2D eigenvalue weighted by atomic mass is 16.2. The third-order valence-electron chi connectivity index (χ3n) is 6.53. The van der Waals surface area contributed by atoms with Crippen LogP contribution >= 0.6 is 0 Å². The smallest absolute Gasteiger partial charge is 0.343 e. The van der Waals surface area contributed by atoms with Gasteiger partial charge in [0.1, 0.15) is 5.82 Å². The molecule has 7 N–H and O–H groups in total. The van der Waals surface area contributed by atoms with Crippen molar-refractivity contribution in [3.8, 4) is 0 Å². The van der Waals surface area contributed by atoms with Crippen molar-refractivity contribution in [3.05, 3.63) is 86.1 Å². The van der Waals surface area contributed by atoms with Crippen molar-refractivity contribution in [3.63, 3.8) is 0 Å². The van der Waals surface area contributed by atoms with E-state index in [0.29, 0.717) is 36.2 Å². The third kappa shape index (κ3) is 3.81. The number of nitrogens with one attached hydrogen (secondary N) is 1. The lowest BCUT2D eigenvalue weighted by atomic mass is 9.68. The number of nitrogens with zero attached hydrogens (tertiary/aromatic N) is 2. The first-order valence-electron chi connectivity index (χ1n) is 11.4. The minimum Gasteiger partial charge on any atom is -0.366 e. The van der Waals surface area contributed by atoms with Gasteiger partial charge < -0.3 is 17.2 Å². The summed E-state index contributed by atoms with van der Waals surface area (Å²) in [6, 6.07) is 10.3.